The first-order valence-corrected chi connectivity index (χ1v) is 8.30. The summed E-state index contributed by atoms with van der Waals surface area (Å²) in [5.74, 6) is -1.07. The van der Waals surface area contributed by atoms with Crippen molar-refractivity contribution in [1.29, 1.82) is 0 Å². The molecule has 6 nitrogen and oxygen atoms in total. The molecule has 0 spiro atoms. The molecule has 2 atom stereocenters. The average Bonchev–Trinajstić information content (AvgIpc) is 2.91. The van der Waals surface area contributed by atoms with Crippen LogP contribution in [0, 0.1) is 5.92 Å². The molecule has 0 bridgehead atoms. The van der Waals surface area contributed by atoms with Crippen LogP contribution in [-0.2, 0) is 14.8 Å². The minimum Gasteiger partial charge on any atom is -0.478 e. The van der Waals surface area contributed by atoms with Gasteiger partial charge in [0.1, 0.15) is 0 Å². The highest BCUT2D eigenvalue weighted by atomic mass is 35.5. The van der Waals surface area contributed by atoms with Gasteiger partial charge in [0.15, 0.2) is 0 Å². The van der Waals surface area contributed by atoms with Gasteiger partial charge in [0.25, 0.3) is 0 Å². The molecule has 2 unspecified atom stereocenters. The fourth-order valence-corrected chi connectivity index (χ4v) is 3.86. The maximum atomic E-state index is 12.3. The predicted octanol–water partition coefficient (Wildman–Crippen LogP) is 1.74. The molecule has 21 heavy (non-hydrogen) atoms. The quantitative estimate of drug-likeness (QED) is 0.856. The highest BCUT2D eigenvalue weighted by molar-refractivity contribution is 7.89. The van der Waals surface area contributed by atoms with E-state index in [2.05, 4.69) is 4.72 Å². The number of carboxylic acids is 1. The lowest BCUT2D eigenvalue weighted by Crippen LogP contribution is -2.38. The Hall–Kier alpha value is -1.15. The maximum absolute atomic E-state index is 12.3. The van der Waals surface area contributed by atoms with Gasteiger partial charge in [-0.05, 0) is 31.5 Å². The molecule has 0 saturated carbocycles. The van der Waals surface area contributed by atoms with Crippen molar-refractivity contribution in [3.63, 3.8) is 0 Å². The molecule has 0 aliphatic carbocycles. The normalized spacial score (nSPS) is 20.4. The monoisotopic (exact) mass is 333 g/mol. The van der Waals surface area contributed by atoms with E-state index in [9.17, 15) is 13.2 Å². The van der Waals surface area contributed by atoms with Gasteiger partial charge in [-0.1, -0.05) is 11.6 Å². The molecule has 1 heterocycles. The topological polar surface area (TPSA) is 92.7 Å². The molecule has 1 saturated heterocycles. The number of carboxylic acid groups (broad SMARTS) is 1. The Morgan fingerprint density at radius 1 is 1.52 bits per heavy atom. The molecule has 1 aromatic rings. The van der Waals surface area contributed by atoms with E-state index in [1.807, 2.05) is 0 Å². The summed E-state index contributed by atoms with van der Waals surface area (Å²) in [6.45, 7) is 2.95. The van der Waals surface area contributed by atoms with E-state index in [4.69, 9.17) is 21.4 Å². The molecule has 1 aromatic carbocycles. The first kappa shape index (κ1) is 16.2. The van der Waals surface area contributed by atoms with Gasteiger partial charge >= 0.3 is 5.97 Å². The summed E-state index contributed by atoms with van der Waals surface area (Å²) in [6, 6.07) is 3.29. The number of aromatic carboxylic acids is 1. The molecule has 116 valence electrons. The second kappa shape index (κ2) is 6.31. The van der Waals surface area contributed by atoms with Gasteiger partial charge in [-0.3, -0.25) is 0 Å². The summed E-state index contributed by atoms with van der Waals surface area (Å²) < 4.78 is 32.4. The van der Waals surface area contributed by atoms with Crippen LogP contribution in [0.3, 0.4) is 0 Å². The first-order chi connectivity index (χ1) is 9.81. The van der Waals surface area contributed by atoms with Gasteiger partial charge in [0, 0.05) is 18.6 Å². The summed E-state index contributed by atoms with van der Waals surface area (Å²) in [7, 11) is -3.74. The van der Waals surface area contributed by atoms with Crippen LogP contribution >= 0.6 is 11.6 Å². The summed E-state index contributed by atoms with van der Waals surface area (Å²) in [5.41, 5.74) is -0.132. The second-order valence-corrected chi connectivity index (χ2v) is 7.10. The Balaban J connectivity index is 2.19. The van der Waals surface area contributed by atoms with Crippen molar-refractivity contribution in [2.24, 2.45) is 5.92 Å². The maximum Gasteiger partial charge on any atom is 0.337 e. The SMILES string of the molecule is CC(NS(=O)(=O)c1ccc(C(=O)O)c(Cl)c1)C1CCOC1. The molecular weight excluding hydrogens is 318 g/mol. The number of rotatable bonds is 5. The van der Waals surface area contributed by atoms with Crippen LogP contribution in [0.1, 0.15) is 23.7 Å². The molecule has 0 radical (unpaired) electrons. The van der Waals surface area contributed by atoms with E-state index in [1.165, 1.54) is 12.1 Å². The number of nitrogens with one attached hydrogen (secondary N) is 1. The third kappa shape index (κ3) is 3.74. The molecule has 1 fully saturated rings. The van der Waals surface area contributed by atoms with Crippen molar-refractivity contribution in [1.82, 2.24) is 4.72 Å². The summed E-state index contributed by atoms with van der Waals surface area (Å²) >= 11 is 5.80. The van der Waals surface area contributed by atoms with Crippen LogP contribution in [0.25, 0.3) is 0 Å². The van der Waals surface area contributed by atoms with Crippen LogP contribution in [0.4, 0.5) is 0 Å². The summed E-state index contributed by atoms with van der Waals surface area (Å²) in [5, 5.41) is 8.78. The minimum absolute atomic E-state index is 0.0525. The number of benzene rings is 1. The minimum atomic E-state index is -3.74. The third-order valence-electron chi connectivity index (χ3n) is 3.49. The molecular formula is C13H16ClNO5S. The molecule has 8 heteroatoms. The standard InChI is InChI=1S/C13H16ClNO5S/c1-8(9-4-5-20-7-9)15-21(18,19)10-2-3-11(13(16)17)12(14)6-10/h2-3,6,8-9,15H,4-5,7H2,1H3,(H,16,17). The molecule has 2 N–H and O–H groups in total. The molecule has 0 aromatic heterocycles. The van der Waals surface area contributed by atoms with Crippen LogP contribution in [0.2, 0.25) is 5.02 Å². The number of hydrogen-bond acceptors (Lipinski definition) is 4. The molecule has 1 aliphatic heterocycles. The lowest BCUT2D eigenvalue weighted by molar-refractivity contribution is 0.0697. The lowest BCUT2D eigenvalue weighted by atomic mass is 10.0. The van der Waals surface area contributed by atoms with Gasteiger partial charge in [-0.15, -0.1) is 0 Å². The fraction of sp³-hybridized carbons (Fsp3) is 0.462. The van der Waals surface area contributed by atoms with Crippen LogP contribution in [0.15, 0.2) is 23.1 Å². The van der Waals surface area contributed by atoms with Crippen LogP contribution in [0.5, 0.6) is 0 Å². The number of halogens is 1. The van der Waals surface area contributed by atoms with Crippen molar-refractivity contribution in [2.45, 2.75) is 24.3 Å². The van der Waals surface area contributed by atoms with E-state index in [-0.39, 0.29) is 27.4 Å². The Bertz CT molecular complexity index is 640. The smallest absolute Gasteiger partial charge is 0.337 e. The van der Waals surface area contributed by atoms with Gasteiger partial charge in [0.2, 0.25) is 10.0 Å². The molecule has 2 rings (SSSR count). The van der Waals surface area contributed by atoms with Crippen molar-refractivity contribution in [3.05, 3.63) is 28.8 Å². The largest absolute Gasteiger partial charge is 0.478 e. The van der Waals surface area contributed by atoms with Crippen molar-refractivity contribution >= 4 is 27.6 Å². The molecule has 1 aliphatic rings. The zero-order valence-corrected chi connectivity index (χ0v) is 12.9. The van der Waals surface area contributed by atoms with E-state index in [1.54, 1.807) is 6.92 Å². The zero-order chi connectivity index (χ0) is 15.6. The van der Waals surface area contributed by atoms with Crippen molar-refractivity contribution < 1.29 is 23.1 Å². The molecule has 0 amide bonds. The van der Waals surface area contributed by atoms with Gasteiger partial charge in [-0.2, -0.15) is 0 Å². The second-order valence-electron chi connectivity index (χ2n) is 4.98. The van der Waals surface area contributed by atoms with Crippen LogP contribution < -0.4 is 4.72 Å². The van der Waals surface area contributed by atoms with Gasteiger partial charge in [0.05, 0.1) is 22.1 Å². The summed E-state index contributed by atoms with van der Waals surface area (Å²) in [6.07, 6.45) is 0.808. The lowest BCUT2D eigenvalue weighted by Gasteiger charge is -2.19. The first-order valence-electron chi connectivity index (χ1n) is 6.44. The van der Waals surface area contributed by atoms with Gasteiger partial charge in [-0.25, -0.2) is 17.9 Å². The number of sulfonamides is 1. The predicted molar refractivity (Wildman–Crippen MR) is 77.1 cm³/mol. The third-order valence-corrected chi connectivity index (χ3v) is 5.36. The number of carbonyl (C=O) groups is 1. The Morgan fingerprint density at radius 3 is 2.76 bits per heavy atom. The Labute approximate surface area is 128 Å². The Morgan fingerprint density at radius 2 is 2.24 bits per heavy atom. The van der Waals surface area contributed by atoms with Crippen LogP contribution in [-0.4, -0.2) is 38.7 Å². The van der Waals surface area contributed by atoms with E-state index in [0.717, 1.165) is 12.5 Å². The van der Waals surface area contributed by atoms with E-state index < -0.39 is 16.0 Å². The Kier molecular flexibility index (Phi) is 4.88. The average molecular weight is 334 g/mol. The van der Waals surface area contributed by atoms with E-state index in [0.29, 0.717) is 13.2 Å². The highest BCUT2D eigenvalue weighted by Crippen LogP contribution is 2.23. The highest BCUT2D eigenvalue weighted by Gasteiger charge is 2.27. The summed E-state index contributed by atoms with van der Waals surface area (Å²) in [4.78, 5) is 10.8. The fourth-order valence-electron chi connectivity index (χ4n) is 2.19. The van der Waals surface area contributed by atoms with Gasteiger partial charge < -0.3 is 9.84 Å². The number of hydrogen-bond donors (Lipinski definition) is 2. The van der Waals surface area contributed by atoms with E-state index >= 15 is 0 Å². The van der Waals surface area contributed by atoms with Crippen molar-refractivity contribution in [2.75, 3.05) is 13.2 Å². The van der Waals surface area contributed by atoms with Crippen molar-refractivity contribution in [3.8, 4) is 0 Å². The number of ether oxygens (including phenoxy) is 1. The zero-order valence-electron chi connectivity index (χ0n) is 11.4.